The van der Waals surface area contributed by atoms with Gasteiger partial charge in [0.05, 0.1) is 17.1 Å². The lowest BCUT2D eigenvalue weighted by atomic mass is 9.71. The number of nitriles is 1. The molecule has 2 bridgehead atoms. The Bertz CT molecular complexity index is 1170. The van der Waals surface area contributed by atoms with Crippen LogP contribution in [0.3, 0.4) is 0 Å². The summed E-state index contributed by atoms with van der Waals surface area (Å²) in [6.45, 7) is 2.97. The molecule has 0 saturated carbocycles. The number of halogens is 1. The van der Waals surface area contributed by atoms with E-state index in [0.29, 0.717) is 23.9 Å². The predicted octanol–water partition coefficient (Wildman–Crippen LogP) is 6.37. The van der Waals surface area contributed by atoms with Gasteiger partial charge in [-0.2, -0.15) is 5.26 Å². The van der Waals surface area contributed by atoms with E-state index in [-0.39, 0.29) is 0 Å². The number of nitrogens with zero attached hydrogens (tertiary/aromatic N) is 2. The van der Waals surface area contributed by atoms with E-state index in [9.17, 15) is 0 Å². The lowest BCUT2D eigenvalue weighted by Gasteiger charge is -2.36. The minimum absolute atomic E-state index is 0.518. The number of anilines is 1. The van der Waals surface area contributed by atoms with Crippen molar-refractivity contribution in [2.45, 2.75) is 38.6 Å². The molecule has 2 unspecified atom stereocenters. The van der Waals surface area contributed by atoms with Gasteiger partial charge in [0.2, 0.25) is 0 Å². The maximum atomic E-state index is 9.03. The van der Waals surface area contributed by atoms with Crippen LogP contribution < -0.4 is 5.32 Å². The molecule has 0 saturated heterocycles. The summed E-state index contributed by atoms with van der Waals surface area (Å²) in [5.74, 6) is 1.11. The predicted molar refractivity (Wildman–Crippen MR) is 118 cm³/mol. The van der Waals surface area contributed by atoms with E-state index in [2.05, 4.69) is 30.5 Å². The first-order valence-corrected chi connectivity index (χ1v) is 10.5. The lowest BCUT2D eigenvalue weighted by Crippen LogP contribution is -2.24. The molecule has 0 fully saturated rings. The van der Waals surface area contributed by atoms with Gasteiger partial charge in [-0.25, -0.2) is 0 Å². The molecule has 1 heterocycles. The van der Waals surface area contributed by atoms with Crippen molar-refractivity contribution in [3.05, 3.63) is 81.5 Å². The Morgan fingerprint density at radius 2 is 2.00 bits per heavy atom. The summed E-state index contributed by atoms with van der Waals surface area (Å²) < 4.78 is 0. The van der Waals surface area contributed by atoms with Gasteiger partial charge in [-0.1, -0.05) is 35.4 Å². The second-order valence-corrected chi connectivity index (χ2v) is 8.72. The summed E-state index contributed by atoms with van der Waals surface area (Å²) in [5, 5.41) is 14.6. The third kappa shape index (κ3) is 3.39. The van der Waals surface area contributed by atoms with Crippen LogP contribution in [0.4, 0.5) is 5.69 Å². The molecule has 5 rings (SSSR count). The molecule has 4 heteroatoms. The normalized spacial score (nSPS) is 20.0. The number of rotatable bonds is 3. The molecule has 3 aromatic rings. The van der Waals surface area contributed by atoms with Gasteiger partial charge in [0.25, 0.3) is 0 Å². The van der Waals surface area contributed by atoms with Gasteiger partial charge < -0.3 is 5.32 Å². The van der Waals surface area contributed by atoms with Crippen LogP contribution in [-0.2, 0) is 13.0 Å². The third-order valence-electron chi connectivity index (χ3n) is 6.16. The molecule has 0 spiro atoms. The second kappa shape index (κ2) is 7.21. The van der Waals surface area contributed by atoms with Gasteiger partial charge in [-0.05, 0) is 73.9 Å². The monoisotopic (exact) mass is 399 g/mol. The van der Waals surface area contributed by atoms with Gasteiger partial charge >= 0.3 is 0 Å². The molecular formula is C25H22ClN3. The average molecular weight is 400 g/mol. The standard InChI is InChI=1S/C25H22ClN3/c1-15-8-18-10-19(9-15)24-23(11-18)29-22-12-20(26)6-7-21(22)25(24)28-14-17-4-2-16(13-27)3-5-17/h2-8,12,18-19H,9-11,14H2,1H3,(H,28,29). The third-order valence-corrected chi connectivity index (χ3v) is 6.39. The topological polar surface area (TPSA) is 48.7 Å². The van der Waals surface area contributed by atoms with Crippen LogP contribution in [0.15, 0.2) is 54.1 Å². The van der Waals surface area contributed by atoms with E-state index in [1.807, 2.05) is 36.4 Å². The van der Waals surface area contributed by atoms with Crippen molar-refractivity contribution in [3.8, 4) is 6.07 Å². The fourth-order valence-corrected chi connectivity index (χ4v) is 5.13. The van der Waals surface area contributed by atoms with E-state index in [1.165, 1.54) is 28.9 Å². The number of pyridine rings is 1. The number of allylic oxidation sites excluding steroid dienone is 2. The quantitative estimate of drug-likeness (QED) is 0.520. The maximum Gasteiger partial charge on any atom is 0.0991 e. The van der Waals surface area contributed by atoms with E-state index >= 15 is 0 Å². The fourth-order valence-electron chi connectivity index (χ4n) is 4.96. The summed E-state index contributed by atoms with van der Waals surface area (Å²) >= 11 is 6.27. The molecule has 1 N–H and O–H groups in total. The van der Waals surface area contributed by atoms with Crippen LogP contribution in [-0.4, -0.2) is 4.98 Å². The van der Waals surface area contributed by atoms with E-state index in [1.54, 1.807) is 0 Å². The summed E-state index contributed by atoms with van der Waals surface area (Å²) in [4.78, 5) is 5.03. The molecule has 1 aromatic heterocycles. The molecule has 0 radical (unpaired) electrons. The van der Waals surface area contributed by atoms with Crippen molar-refractivity contribution in [3.63, 3.8) is 0 Å². The highest BCUT2D eigenvalue weighted by Gasteiger charge is 2.33. The van der Waals surface area contributed by atoms with Crippen molar-refractivity contribution in [1.82, 2.24) is 4.98 Å². The van der Waals surface area contributed by atoms with Crippen molar-refractivity contribution >= 4 is 28.2 Å². The average Bonchev–Trinajstić information content (AvgIpc) is 2.71. The van der Waals surface area contributed by atoms with Crippen LogP contribution in [0.2, 0.25) is 5.02 Å². The Morgan fingerprint density at radius 3 is 2.79 bits per heavy atom. The van der Waals surface area contributed by atoms with Crippen molar-refractivity contribution < 1.29 is 0 Å². The summed E-state index contributed by atoms with van der Waals surface area (Å²) in [7, 11) is 0. The van der Waals surface area contributed by atoms with Gasteiger partial charge in [0.1, 0.15) is 0 Å². The van der Waals surface area contributed by atoms with E-state index in [0.717, 1.165) is 34.3 Å². The number of hydrogen-bond donors (Lipinski definition) is 1. The zero-order chi connectivity index (χ0) is 20.0. The number of hydrogen-bond acceptors (Lipinski definition) is 3. The first-order chi connectivity index (χ1) is 14.1. The first-order valence-electron chi connectivity index (χ1n) is 10.1. The lowest BCUT2D eigenvalue weighted by molar-refractivity contribution is 0.433. The molecule has 144 valence electrons. The van der Waals surface area contributed by atoms with Crippen molar-refractivity contribution in [2.24, 2.45) is 5.92 Å². The molecular weight excluding hydrogens is 378 g/mol. The van der Waals surface area contributed by atoms with Crippen LogP contribution in [0.5, 0.6) is 0 Å². The number of nitrogens with one attached hydrogen (secondary N) is 1. The molecule has 2 atom stereocenters. The van der Waals surface area contributed by atoms with Crippen LogP contribution in [0.1, 0.15) is 48.1 Å². The molecule has 2 aliphatic carbocycles. The first kappa shape index (κ1) is 18.2. The Hall–Kier alpha value is -2.83. The summed E-state index contributed by atoms with van der Waals surface area (Å²) in [6, 6.07) is 16.0. The minimum Gasteiger partial charge on any atom is -0.380 e. The van der Waals surface area contributed by atoms with E-state index in [4.69, 9.17) is 21.8 Å². The van der Waals surface area contributed by atoms with Crippen LogP contribution >= 0.6 is 11.6 Å². The minimum atomic E-state index is 0.518. The SMILES string of the molecule is CC1=CC2Cc3nc4cc(Cl)ccc4c(NCc4ccc(C#N)cc4)c3C(C1)C2. The molecule has 0 aliphatic heterocycles. The Balaban J connectivity index is 1.59. The molecule has 2 aromatic carbocycles. The summed E-state index contributed by atoms with van der Waals surface area (Å²) in [5.41, 5.74) is 8.09. The number of benzene rings is 2. The number of fused-ring (bicyclic) bond motifs is 5. The van der Waals surface area contributed by atoms with Crippen LogP contribution in [0.25, 0.3) is 10.9 Å². The highest BCUT2D eigenvalue weighted by atomic mass is 35.5. The molecule has 2 aliphatic rings. The zero-order valence-corrected chi connectivity index (χ0v) is 17.1. The Morgan fingerprint density at radius 1 is 1.17 bits per heavy atom. The highest BCUT2D eigenvalue weighted by Crippen LogP contribution is 2.47. The highest BCUT2D eigenvalue weighted by molar-refractivity contribution is 6.31. The number of aromatic nitrogens is 1. The largest absolute Gasteiger partial charge is 0.380 e. The summed E-state index contributed by atoms with van der Waals surface area (Å²) in [6.07, 6.45) is 5.75. The van der Waals surface area contributed by atoms with Crippen LogP contribution in [0, 0.1) is 17.2 Å². The van der Waals surface area contributed by atoms with Crippen molar-refractivity contribution in [1.29, 1.82) is 5.26 Å². The molecule has 3 nitrogen and oxygen atoms in total. The van der Waals surface area contributed by atoms with Gasteiger partial charge in [-0.15, -0.1) is 0 Å². The van der Waals surface area contributed by atoms with Gasteiger partial charge in [0, 0.05) is 33.9 Å². The van der Waals surface area contributed by atoms with Gasteiger partial charge in [-0.3, -0.25) is 4.98 Å². The molecule has 29 heavy (non-hydrogen) atoms. The Kier molecular flexibility index (Phi) is 4.53. The molecule has 0 amide bonds. The fraction of sp³-hybridized carbons (Fsp3) is 0.280. The van der Waals surface area contributed by atoms with Gasteiger partial charge in [0.15, 0.2) is 0 Å². The second-order valence-electron chi connectivity index (χ2n) is 8.28. The maximum absolute atomic E-state index is 9.03. The Labute approximate surface area is 176 Å². The zero-order valence-electron chi connectivity index (χ0n) is 16.4. The van der Waals surface area contributed by atoms with E-state index < -0.39 is 0 Å². The van der Waals surface area contributed by atoms with Crippen molar-refractivity contribution in [2.75, 3.05) is 5.32 Å². The smallest absolute Gasteiger partial charge is 0.0991 e.